The molecule has 0 radical (unpaired) electrons. The summed E-state index contributed by atoms with van der Waals surface area (Å²) in [5.74, 6) is -0.601. The number of aromatic carboxylic acids is 1. The van der Waals surface area contributed by atoms with Crippen LogP contribution in [-0.2, 0) is 0 Å². The molecule has 0 aliphatic rings. The van der Waals surface area contributed by atoms with E-state index in [2.05, 4.69) is 24.5 Å². The van der Waals surface area contributed by atoms with Gasteiger partial charge in [-0.1, -0.05) is 38.8 Å². The van der Waals surface area contributed by atoms with Gasteiger partial charge in [0.25, 0.3) is 0 Å². The fourth-order valence-corrected chi connectivity index (χ4v) is 2.04. The van der Waals surface area contributed by atoms with Crippen LogP contribution < -0.4 is 10.6 Å². The van der Waals surface area contributed by atoms with E-state index in [1.165, 1.54) is 0 Å². The molecule has 0 saturated carbocycles. The summed E-state index contributed by atoms with van der Waals surface area (Å²) in [6.07, 6.45) is 2.00. The summed E-state index contributed by atoms with van der Waals surface area (Å²) in [6, 6.07) is 4.65. The van der Waals surface area contributed by atoms with Crippen LogP contribution in [0.3, 0.4) is 0 Å². The van der Waals surface area contributed by atoms with Crippen molar-refractivity contribution >= 4 is 17.7 Å². The van der Waals surface area contributed by atoms with Crippen LogP contribution in [0, 0.1) is 12.8 Å². The minimum Gasteiger partial charge on any atom is -0.478 e. The predicted octanol–water partition coefficient (Wildman–Crippen LogP) is 3.25. The number of benzene rings is 1. The molecule has 0 aliphatic heterocycles. The molecule has 0 heterocycles. The van der Waals surface area contributed by atoms with Gasteiger partial charge in [-0.25, -0.2) is 9.59 Å². The monoisotopic (exact) mass is 278 g/mol. The smallest absolute Gasteiger partial charge is 0.338 e. The standard InChI is InChI=1S/C15H22N2O3/c1-4-11(5-2)9-16-15(20)17-12-8-6-7-10(3)13(12)14(18)19/h6-8,11H,4-5,9H2,1-3H3,(H,18,19)(H2,16,17,20). The fourth-order valence-electron chi connectivity index (χ4n) is 2.04. The van der Waals surface area contributed by atoms with E-state index in [1.54, 1.807) is 25.1 Å². The molecule has 0 fully saturated rings. The van der Waals surface area contributed by atoms with Crippen molar-refractivity contribution in [2.24, 2.45) is 5.92 Å². The van der Waals surface area contributed by atoms with Crippen LogP contribution in [0.1, 0.15) is 42.6 Å². The van der Waals surface area contributed by atoms with Crippen molar-refractivity contribution < 1.29 is 14.7 Å². The third kappa shape index (κ3) is 4.26. The largest absolute Gasteiger partial charge is 0.478 e. The van der Waals surface area contributed by atoms with Gasteiger partial charge in [0.1, 0.15) is 0 Å². The van der Waals surface area contributed by atoms with E-state index in [9.17, 15) is 14.7 Å². The number of nitrogens with one attached hydrogen (secondary N) is 2. The Kier molecular flexibility index (Phi) is 6.03. The molecule has 5 heteroatoms. The highest BCUT2D eigenvalue weighted by atomic mass is 16.4. The maximum Gasteiger partial charge on any atom is 0.338 e. The molecule has 0 aromatic heterocycles. The Labute approximate surface area is 119 Å². The van der Waals surface area contributed by atoms with Crippen molar-refractivity contribution in [1.82, 2.24) is 5.32 Å². The first kappa shape index (κ1) is 16.0. The summed E-state index contributed by atoms with van der Waals surface area (Å²) in [5.41, 5.74) is 1.07. The van der Waals surface area contributed by atoms with Crippen LogP contribution in [0.2, 0.25) is 0 Å². The summed E-state index contributed by atoms with van der Waals surface area (Å²) < 4.78 is 0. The number of urea groups is 1. The summed E-state index contributed by atoms with van der Waals surface area (Å²) in [7, 11) is 0. The van der Waals surface area contributed by atoms with Gasteiger partial charge in [-0.3, -0.25) is 0 Å². The normalized spacial score (nSPS) is 10.4. The molecule has 0 unspecified atom stereocenters. The van der Waals surface area contributed by atoms with Gasteiger partial charge in [-0.2, -0.15) is 0 Å². The molecular formula is C15H22N2O3. The van der Waals surface area contributed by atoms with Crippen LogP contribution in [0.15, 0.2) is 18.2 Å². The van der Waals surface area contributed by atoms with Crippen LogP contribution >= 0.6 is 0 Å². The number of carboxylic acids is 1. The van der Waals surface area contributed by atoms with E-state index >= 15 is 0 Å². The van der Waals surface area contributed by atoms with Gasteiger partial charge in [-0.15, -0.1) is 0 Å². The summed E-state index contributed by atoms with van der Waals surface area (Å²) in [5, 5.41) is 14.6. The molecule has 1 aromatic carbocycles. The van der Waals surface area contributed by atoms with Crippen molar-refractivity contribution in [3.8, 4) is 0 Å². The van der Waals surface area contributed by atoms with Crippen LogP contribution in [0.25, 0.3) is 0 Å². The van der Waals surface area contributed by atoms with Crippen molar-refractivity contribution in [1.29, 1.82) is 0 Å². The summed E-state index contributed by atoms with van der Waals surface area (Å²) in [6.45, 7) is 6.46. The minimum absolute atomic E-state index is 0.130. The Morgan fingerprint density at radius 3 is 2.45 bits per heavy atom. The zero-order chi connectivity index (χ0) is 15.1. The van der Waals surface area contributed by atoms with Crippen LogP contribution in [-0.4, -0.2) is 23.7 Å². The number of carbonyl (C=O) groups excluding carboxylic acids is 1. The number of carbonyl (C=O) groups is 2. The van der Waals surface area contributed by atoms with E-state index in [4.69, 9.17) is 0 Å². The molecule has 0 spiro atoms. The molecular weight excluding hydrogens is 256 g/mol. The quantitative estimate of drug-likeness (QED) is 0.747. The van der Waals surface area contributed by atoms with Gasteiger partial charge < -0.3 is 15.7 Å². The molecule has 0 aliphatic carbocycles. The second-order valence-electron chi connectivity index (χ2n) is 4.82. The lowest BCUT2D eigenvalue weighted by Crippen LogP contribution is -2.33. The number of rotatable bonds is 6. The van der Waals surface area contributed by atoms with Gasteiger partial charge in [0.15, 0.2) is 0 Å². The molecule has 5 nitrogen and oxygen atoms in total. The van der Waals surface area contributed by atoms with Gasteiger partial charge >= 0.3 is 12.0 Å². The molecule has 0 saturated heterocycles. The molecule has 20 heavy (non-hydrogen) atoms. The van der Waals surface area contributed by atoms with Gasteiger partial charge in [0.2, 0.25) is 0 Å². The molecule has 110 valence electrons. The Bertz CT molecular complexity index is 482. The zero-order valence-electron chi connectivity index (χ0n) is 12.2. The second kappa shape index (κ2) is 7.53. The van der Waals surface area contributed by atoms with Gasteiger partial charge in [0, 0.05) is 6.54 Å². The van der Waals surface area contributed by atoms with Gasteiger partial charge in [0.05, 0.1) is 11.3 Å². The molecule has 0 atom stereocenters. The third-order valence-corrected chi connectivity index (χ3v) is 3.44. The van der Waals surface area contributed by atoms with Crippen molar-refractivity contribution in [3.63, 3.8) is 0 Å². The highest BCUT2D eigenvalue weighted by molar-refractivity contribution is 6.01. The van der Waals surface area contributed by atoms with Crippen molar-refractivity contribution in [3.05, 3.63) is 29.3 Å². The van der Waals surface area contributed by atoms with E-state index in [0.29, 0.717) is 23.7 Å². The maximum atomic E-state index is 11.8. The number of anilines is 1. The van der Waals surface area contributed by atoms with E-state index in [-0.39, 0.29) is 11.6 Å². The second-order valence-corrected chi connectivity index (χ2v) is 4.82. The topological polar surface area (TPSA) is 78.4 Å². The highest BCUT2D eigenvalue weighted by Gasteiger charge is 2.15. The van der Waals surface area contributed by atoms with Crippen molar-refractivity contribution in [2.45, 2.75) is 33.6 Å². The lowest BCUT2D eigenvalue weighted by molar-refractivity contribution is 0.0697. The molecule has 1 rings (SSSR count). The lowest BCUT2D eigenvalue weighted by atomic mass is 10.0. The molecule has 0 bridgehead atoms. The zero-order valence-corrected chi connectivity index (χ0v) is 12.2. The Balaban J connectivity index is 2.71. The number of carboxylic acid groups (broad SMARTS) is 1. The van der Waals surface area contributed by atoms with E-state index in [0.717, 1.165) is 12.8 Å². The fraction of sp³-hybridized carbons (Fsp3) is 0.467. The first-order valence-electron chi connectivity index (χ1n) is 6.87. The maximum absolute atomic E-state index is 11.8. The Hall–Kier alpha value is -2.04. The van der Waals surface area contributed by atoms with E-state index < -0.39 is 5.97 Å². The number of amides is 2. The summed E-state index contributed by atoms with van der Waals surface area (Å²) >= 11 is 0. The Morgan fingerprint density at radius 1 is 1.25 bits per heavy atom. The van der Waals surface area contributed by atoms with Crippen molar-refractivity contribution in [2.75, 3.05) is 11.9 Å². The average molecular weight is 278 g/mol. The number of hydrogen-bond acceptors (Lipinski definition) is 2. The summed E-state index contributed by atoms with van der Waals surface area (Å²) in [4.78, 5) is 23.0. The lowest BCUT2D eigenvalue weighted by Gasteiger charge is -2.15. The third-order valence-electron chi connectivity index (χ3n) is 3.44. The average Bonchev–Trinajstić information content (AvgIpc) is 2.39. The highest BCUT2D eigenvalue weighted by Crippen LogP contribution is 2.19. The first-order chi connectivity index (χ1) is 9.49. The van der Waals surface area contributed by atoms with Crippen LogP contribution in [0.4, 0.5) is 10.5 Å². The first-order valence-corrected chi connectivity index (χ1v) is 6.87. The van der Waals surface area contributed by atoms with Gasteiger partial charge in [-0.05, 0) is 24.5 Å². The molecule has 3 N–H and O–H groups in total. The van der Waals surface area contributed by atoms with Crippen LogP contribution in [0.5, 0.6) is 0 Å². The number of aryl methyl sites for hydroxylation is 1. The van der Waals surface area contributed by atoms with E-state index in [1.807, 2.05) is 0 Å². The predicted molar refractivity (Wildman–Crippen MR) is 79.2 cm³/mol. The SMILES string of the molecule is CCC(CC)CNC(=O)Nc1cccc(C)c1C(=O)O. The molecule has 2 amide bonds. The molecule has 1 aromatic rings. The number of hydrogen-bond donors (Lipinski definition) is 3. The minimum atomic E-state index is -1.04. The Morgan fingerprint density at radius 2 is 1.90 bits per heavy atom.